The number of furan rings is 1. The van der Waals surface area contributed by atoms with Gasteiger partial charge in [-0.15, -0.1) is 0 Å². The van der Waals surface area contributed by atoms with Crippen LogP contribution >= 0.6 is 0 Å². The van der Waals surface area contributed by atoms with E-state index in [1.807, 2.05) is 53.4 Å². The van der Waals surface area contributed by atoms with Gasteiger partial charge in [-0.2, -0.15) is 4.99 Å². The second-order valence-electron chi connectivity index (χ2n) is 6.41. The molecule has 1 amide bonds. The summed E-state index contributed by atoms with van der Waals surface area (Å²) in [4.78, 5) is 18.1. The summed E-state index contributed by atoms with van der Waals surface area (Å²) in [5.41, 5.74) is 14.1. The van der Waals surface area contributed by atoms with E-state index in [-0.39, 0.29) is 11.6 Å². The maximum absolute atomic E-state index is 11.6. The molecule has 0 aliphatic carbocycles. The SMILES string of the molecule is COc1ccc(C2=Nc3oc(C(N)=O)cc3C(N)N2c2ccc(OC)cc2)cc1. The van der Waals surface area contributed by atoms with Crippen LogP contribution in [-0.2, 0) is 0 Å². The minimum Gasteiger partial charge on any atom is -0.497 e. The molecule has 8 heteroatoms. The zero-order valence-corrected chi connectivity index (χ0v) is 16.0. The molecule has 8 nitrogen and oxygen atoms in total. The fourth-order valence-corrected chi connectivity index (χ4v) is 3.21. The Hall–Kier alpha value is -3.78. The largest absolute Gasteiger partial charge is 0.497 e. The molecule has 2 aromatic carbocycles. The molecule has 4 N–H and O–H groups in total. The van der Waals surface area contributed by atoms with Crippen molar-refractivity contribution in [1.29, 1.82) is 0 Å². The number of amidine groups is 1. The van der Waals surface area contributed by atoms with Crippen molar-refractivity contribution in [3.05, 3.63) is 71.5 Å². The van der Waals surface area contributed by atoms with Crippen LogP contribution in [0.5, 0.6) is 11.5 Å². The number of amides is 1. The number of carbonyl (C=O) groups is 1. The molecule has 1 atom stereocenters. The fraction of sp³-hybridized carbons (Fsp3) is 0.143. The number of benzene rings is 2. The first-order valence-corrected chi connectivity index (χ1v) is 8.87. The Morgan fingerprint density at radius 2 is 1.62 bits per heavy atom. The molecule has 29 heavy (non-hydrogen) atoms. The Labute approximate surface area is 167 Å². The van der Waals surface area contributed by atoms with E-state index < -0.39 is 12.1 Å². The quantitative estimate of drug-likeness (QED) is 0.690. The highest BCUT2D eigenvalue weighted by Crippen LogP contribution is 2.39. The number of primary amides is 1. The molecule has 4 rings (SSSR count). The topological polar surface area (TPSA) is 116 Å². The van der Waals surface area contributed by atoms with Crippen molar-refractivity contribution < 1.29 is 18.7 Å². The van der Waals surface area contributed by atoms with Gasteiger partial charge < -0.3 is 30.3 Å². The van der Waals surface area contributed by atoms with E-state index in [1.54, 1.807) is 14.2 Å². The third-order valence-electron chi connectivity index (χ3n) is 4.71. The Bertz CT molecular complexity index is 1070. The molecule has 1 aliphatic rings. The summed E-state index contributed by atoms with van der Waals surface area (Å²) in [6.45, 7) is 0. The highest BCUT2D eigenvalue weighted by atomic mass is 16.5. The zero-order valence-electron chi connectivity index (χ0n) is 16.0. The van der Waals surface area contributed by atoms with Crippen LogP contribution in [0.2, 0.25) is 0 Å². The van der Waals surface area contributed by atoms with Crippen LogP contribution in [0.3, 0.4) is 0 Å². The maximum atomic E-state index is 11.6. The van der Waals surface area contributed by atoms with Gasteiger partial charge in [-0.25, -0.2) is 0 Å². The van der Waals surface area contributed by atoms with Crippen LogP contribution in [0.25, 0.3) is 0 Å². The minimum atomic E-state index is -0.677. The van der Waals surface area contributed by atoms with E-state index in [0.717, 1.165) is 22.7 Å². The minimum absolute atomic E-state index is 0.0138. The van der Waals surface area contributed by atoms with Gasteiger partial charge in [0.15, 0.2) is 5.76 Å². The molecule has 1 unspecified atom stereocenters. The average Bonchev–Trinajstić information content (AvgIpc) is 3.19. The van der Waals surface area contributed by atoms with Crippen molar-refractivity contribution in [3.8, 4) is 11.5 Å². The van der Waals surface area contributed by atoms with Crippen molar-refractivity contribution in [2.75, 3.05) is 19.1 Å². The molecule has 0 bridgehead atoms. The standard InChI is InChI=1S/C21H20N4O4/c1-27-14-7-3-12(4-8-14)20-24-21-16(11-17(29-21)19(23)26)18(22)25(20)13-5-9-15(28-2)10-6-13/h3-11,18H,22H2,1-2H3,(H2,23,26). The average molecular weight is 392 g/mol. The summed E-state index contributed by atoms with van der Waals surface area (Å²) in [5.74, 6) is 1.62. The van der Waals surface area contributed by atoms with Crippen LogP contribution in [-0.4, -0.2) is 26.0 Å². The van der Waals surface area contributed by atoms with Crippen LogP contribution in [0.4, 0.5) is 11.6 Å². The molecule has 0 fully saturated rings. The van der Waals surface area contributed by atoms with E-state index in [4.69, 9.17) is 25.4 Å². The molecular formula is C21H20N4O4. The number of ether oxygens (including phenoxy) is 2. The summed E-state index contributed by atoms with van der Waals surface area (Å²) < 4.78 is 16.0. The zero-order chi connectivity index (χ0) is 20.5. The molecule has 2 heterocycles. The van der Waals surface area contributed by atoms with Gasteiger partial charge in [-0.3, -0.25) is 4.79 Å². The molecule has 3 aromatic rings. The number of hydrogen-bond donors (Lipinski definition) is 2. The van der Waals surface area contributed by atoms with Gasteiger partial charge in [-0.05, 0) is 54.6 Å². The maximum Gasteiger partial charge on any atom is 0.284 e. The highest BCUT2D eigenvalue weighted by Gasteiger charge is 2.33. The fourth-order valence-electron chi connectivity index (χ4n) is 3.21. The normalized spacial score (nSPS) is 15.5. The molecule has 1 aromatic heterocycles. The lowest BCUT2D eigenvalue weighted by Gasteiger charge is -2.34. The van der Waals surface area contributed by atoms with Gasteiger partial charge in [0.25, 0.3) is 5.91 Å². The smallest absolute Gasteiger partial charge is 0.284 e. The number of aliphatic imine (C=N–C) groups is 1. The molecule has 1 aliphatic heterocycles. The number of hydrogen-bond acceptors (Lipinski definition) is 7. The molecule has 0 saturated heterocycles. The summed E-state index contributed by atoms with van der Waals surface area (Å²) in [7, 11) is 3.21. The van der Waals surface area contributed by atoms with E-state index in [0.29, 0.717) is 11.4 Å². The highest BCUT2D eigenvalue weighted by molar-refractivity contribution is 6.12. The van der Waals surface area contributed by atoms with Gasteiger partial charge in [0.2, 0.25) is 5.88 Å². The first-order chi connectivity index (χ1) is 14.0. The lowest BCUT2D eigenvalue weighted by molar-refractivity contribution is 0.0974. The second kappa shape index (κ2) is 7.33. The summed E-state index contributed by atoms with van der Waals surface area (Å²) >= 11 is 0. The van der Waals surface area contributed by atoms with Gasteiger partial charge >= 0.3 is 0 Å². The number of anilines is 1. The van der Waals surface area contributed by atoms with Crippen LogP contribution < -0.4 is 25.8 Å². The number of rotatable bonds is 5. The monoisotopic (exact) mass is 392 g/mol. The number of methoxy groups -OCH3 is 2. The first-order valence-electron chi connectivity index (χ1n) is 8.87. The third-order valence-corrected chi connectivity index (χ3v) is 4.71. The first kappa shape index (κ1) is 18.6. The lowest BCUT2D eigenvalue weighted by Crippen LogP contribution is -2.41. The summed E-state index contributed by atoms with van der Waals surface area (Å²) in [5, 5.41) is 0. The van der Waals surface area contributed by atoms with Crippen LogP contribution in [0, 0.1) is 0 Å². The number of nitrogens with two attached hydrogens (primary N) is 2. The number of nitrogens with zero attached hydrogens (tertiary/aromatic N) is 2. The van der Waals surface area contributed by atoms with Crippen molar-refractivity contribution in [3.63, 3.8) is 0 Å². The van der Waals surface area contributed by atoms with Crippen molar-refractivity contribution in [2.45, 2.75) is 6.17 Å². The van der Waals surface area contributed by atoms with Crippen molar-refractivity contribution in [1.82, 2.24) is 0 Å². The molecule has 0 spiro atoms. The number of fused-ring (bicyclic) bond motifs is 1. The summed E-state index contributed by atoms with van der Waals surface area (Å²) in [6, 6.07) is 16.4. The van der Waals surface area contributed by atoms with E-state index in [2.05, 4.69) is 4.99 Å². The Morgan fingerprint density at radius 3 is 2.17 bits per heavy atom. The number of carbonyl (C=O) groups excluding carboxylic acids is 1. The van der Waals surface area contributed by atoms with Crippen molar-refractivity contribution >= 4 is 23.3 Å². The van der Waals surface area contributed by atoms with Gasteiger partial charge in [0.05, 0.1) is 19.8 Å². The second-order valence-corrected chi connectivity index (χ2v) is 6.41. The predicted molar refractivity (Wildman–Crippen MR) is 109 cm³/mol. The molecule has 148 valence electrons. The van der Waals surface area contributed by atoms with Crippen molar-refractivity contribution in [2.24, 2.45) is 16.5 Å². The van der Waals surface area contributed by atoms with Gasteiger partial charge in [0, 0.05) is 11.3 Å². The van der Waals surface area contributed by atoms with E-state index >= 15 is 0 Å². The lowest BCUT2D eigenvalue weighted by atomic mass is 10.1. The van der Waals surface area contributed by atoms with Crippen LogP contribution in [0.1, 0.15) is 27.8 Å². The third kappa shape index (κ3) is 3.30. The van der Waals surface area contributed by atoms with Gasteiger partial charge in [-0.1, -0.05) is 0 Å². The summed E-state index contributed by atoms with van der Waals surface area (Å²) in [6.07, 6.45) is -0.634. The van der Waals surface area contributed by atoms with Crippen LogP contribution in [0.15, 0.2) is 64.0 Å². The van der Waals surface area contributed by atoms with E-state index in [9.17, 15) is 4.79 Å². The predicted octanol–water partition coefficient (Wildman–Crippen LogP) is 2.95. The molecular weight excluding hydrogens is 372 g/mol. The Morgan fingerprint density at radius 1 is 1.03 bits per heavy atom. The molecule has 0 radical (unpaired) electrons. The van der Waals surface area contributed by atoms with Gasteiger partial charge in [0.1, 0.15) is 23.5 Å². The van der Waals surface area contributed by atoms with E-state index in [1.165, 1.54) is 6.07 Å². The Kier molecular flexibility index (Phi) is 4.69. The Balaban J connectivity index is 1.86. The molecule has 0 saturated carbocycles.